The summed E-state index contributed by atoms with van der Waals surface area (Å²) in [7, 11) is 0. The molecule has 0 aliphatic carbocycles. The molecule has 1 rings (SSSR count). The van der Waals surface area contributed by atoms with E-state index >= 15 is 0 Å². The van der Waals surface area contributed by atoms with E-state index in [1.807, 2.05) is 37.3 Å². The highest BCUT2D eigenvalue weighted by Gasteiger charge is 2.19. The van der Waals surface area contributed by atoms with Crippen LogP contribution in [0.1, 0.15) is 25.3 Å². The number of unbranched alkanes of at least 4 members (excludes halogenated alkanes) is 1. The van der Waals surface area contributed by atoms with Crippen LogP contribution >= 0.6 is 0 Å². The summed E-state index contributed by atoms with van der Waals surface area (Å²) in [6, 6.07) is 8.49. The largest absolute Gasteiger partial charge is 0.444 e. The highest BCUT2D eigenvalue weighted by molar-refractivity contribution is 5.89. The summed E-state index contributed by atoms with van der Waals surface area (Å²) in [5.41, 5.74) is 6.00. The Kier molecular flexibility index (Phi) is 5.70. The molecule has 0 saturated heterocycles. The third kappa shape index (κ3) is 4.45. The zero-order chi connectivity index (χ0) is 13.4. The Balaban J connectivity index is 2.49. The molecule has 5 heteroatoms. The topological polar surface area (TPSA) is 72.6 Å². The molecule has 0 atom stereocenters. The van der Waals surface area contributed by atoms with E-state index in [0.29, 0.717) is 13.0 Å². The number of urea groups is 1. The lowest BCUT2D eigenvalue weighted by molar-refractivity contribution is 0.105. The van der Waals surface area contributed by atoms with Gasteiger partial charge < -0.3 is 10.5 Å². The molecule has 0 bridgehead atoms. The molecule has 3 amide bonds. The first-order valence-corrected chi connectivity index (χ1v) is 5.92. The Morgan fingerprint density at radius 2 is 1.94 bits per heavy atom. The molecule has 18 heavy (non-hydrogen) atoms. The van der Waals surface area contributed by atoms with Crippen LogP contribution < -0.4 is 5.73 Å². The highest BCUT2D eigenvalue weighted by atomic mass is 16.6. The predicted molar refractivity (Wildman–Crippen MR) is 67.8 cm³/mol. The van der Waals surface area contributed by atoms with Gasteiger partial charge in [-0.3, -0.25) is 0 Å². The summed E-state index contributed by atoms with van der Waals surface area (Å²) >= 11 is 0. The number of imide groups is 1. The molecule has 0 fully saturated rings. The molecule has 0 heterocycles. The van der Waals surface area contributed by atoms with Crippen molar-refractivity contribution in [1.29, 1.82) is 0 Å². The van der Waals surface area contributed by atoms with Crippen LogP contribution in [0.4, 0.5) is 9.59 Å². The molecule has 0 radical (unpaired) electrons. The predicted octanol–water partition coefficient (Wildman–Crippen LogP) is 2.50. The Morgan fingerprint density at radius 1 is 1.28 bits per heavy atom. The smallest absolute Gasteiger partial charge is 0.418 e. The van der Waals surface area contributed by atoms with Gasteiger partial charge in [0.1, 0.15) is 6.61 Å². The summed E-state index contributed by atoms with van der Waals surface area (Å²) in [6.45, 7) is 2.39. The second-order valence-corrected chi connectivity index (χ2v) is 3.88. The first kappa shape index (κ1) is 14.0. The monoisotopic (exact) mass is 250 g/mol. The maximum absolute atomic E-state index is 11.7. The Morgan fingerprint density at radius 3 is 2.50 bits per heavy atom. The fourth-order valence-corrected chi connectivity index (χ4v) is 1.40. The molecule has 1 aromatic rings. The minimum Gasteiger partial charge on any atom is -0.444 e. The van der Waals surface area contributed by atoms with Gasteiger partial charge >= 0.3 is 12.1 Å². The minimum absolute atomic E-state index is 0.135. The van der Waals surface area contributed by atoms with E-state index in [0.717, 1.165) is 16.9 Å². The summed E-state index contributed by atoms with van der Waals surface area (Å²) in [5, 5.41) is 0. The van der Waals surface area contributed by atoms with Crippen LogP contribution in [0.15, 0.2) is 30.3 Å². The van der Waals surface area contributed by atoms with E-state index in [9.17, 15) is 9.59 Å². The van der Waals surface area contributed by atoms with Crippen molar-refractivity contribution in [2.45, 2.75) is 26.4 Å². The molecule has 0 unspecified atom stereocenters. The molecule has 0 spiro atoms. The molecule has 5 nitrogen and oxygen atoms in total. The van der Waals surface area contributed by atoms with Gasteiger partial charge in [-0.25, -0.2) is 14.5 Å². The average Bonchev–Trinajstić information content (AvgIpc) is 2.37. The van der Waals surface area contributed by atoms with Gasteiger partial charge in [0.2, 0.25) is 0 Å². The van der Waals surface area contributed by atoms with Crippen LogP contribution in [0.2, 0.25) is 0 Å². The van der Waals surface area contributed by atoms with Crippen LogP contribution in [0, 0.1) is 0 Å². The van der Waals surface area contributed by atoms with Gasteiger partial charge in [-0.15, -0.1) is 0 Å². The highest BCUT2D eigenvalue weighted by Crippen LogP contribution is 2.04. The molecule has 1 aromatic carbocycles. The number of carbonyl (C=O) groups excluding carboxylic acids is 2. The Hall–Kier alpha value is -2.04. The number of benzene rings is 1. The SMILES string of the molecule is CCCCN(C(N)=O)C(=O)OCc1ccccc1. The Labute approximate surface area is 107 Å². The molecule has 0 aromatic heterocycles. The van der Waals surface area contributed by atoms with E-state index < -0.39 is 12.1 Å². The van der Waals surface area contributed by atoms with Crippen molar-refractivity contribution in [1.82, 2.24) is 4.90 Å². The maximum Gasteiger partial charge on any atom is 0.418 e. The Bertz CT molecular complexity index is 392. The molecule has 0 saturated carbocycles. The van der Waals surface area contributed by atoms with Gasteiger partial charge in [-0.05, 0) is 12.0 Å². The van der Waals surface area contributed by atoms with Gasteiger partial charge in [0.05, 0.1) is 0 Å². The third-order valence-electron chi connectivity index (χ3n) is 2.43. The van der Waals surface area contributed by atoms with Gasteiger partial charge in [-0.2, -0.15) is 0 Å². The second-order valence-electron chi connectivity index (χ2n) is 3.88. The fraction of sp³-hybridized carbons (Fsp3) is 0.385. The lowest BCUT2D eigenvalue weighted by Gasteiger charge is -2.17. The summed E-state index contributed by atoms with van der Waals surface area (Å²) < 4.78 is 5.03. The molecule has 98 valence electrons. The number of rotatable bonds is 5. The number of primary amides is 1. The molecular formula is C13H18N2O3. The summed E-state index contributed by atoms with van der Waals surface area (Å²) in [4.78, 5) is 23.7. The molecule has 2 N–H and O–H groups in total. The van der Waals surface area contributed by atoms with Crippen molar-refractivity contribution in [2.75, 3.05) is 6.54 Å². The zero-order valence-corrected chi connectivity index (χ0v) is 10.5. The summed E-state index contributed by atoms with van der Waals surface area (Å²) in [6.07, 6.45) is 0.888. The number of ether oxygens (including phenoxy) is 1. The van der Waals surface area contributed by atoms with Crippen LogP contribution in [0.5, 0.6) is 0 Å². The number of nitrogens with zero attached hydrogens (tertiary/aromatic N) is 1. The number of hydrogen-bond acceptors (Lipinski definition) is 3. The van der Waals surface area contributed by atoms with Crippen molar-refractivity contribution in [3.8, 4) is 0 Å². The number of carbonyl (C=O) groups is 2. The van der Waals surface area contributed by atoms with Crippen LogP contribution in [0.3, 0.4) is 0 Å². The van der Waals surface area contributed by atoms with Crippen molar-refractivity contribution < 1.29 is 14.3 Å². The maximum atomic E-state index is 11.7. The van der Waals surface area contributed by atoms with Crippen molar-refractivity contribution in [3.63, 3.8) is 0 Å². The lowest BCUT2D eigenvalue weighted by Crippen LogP contribution is -2.41. The lowest BCUT2D eigenvalue weighted by atomic mass is 10.2. The third-order valence-corrected chi connectivity index (χ3v) is 2.43. The van der Waals surface area contributed by atoms with E-state index in [1.165, 1.54) is 0 Å². The van der Waals surface area contributed by atoms with Crippen LogP contribution in [-0.4, -0.2) is 23.6 Å². The normalized spacial score (nSPS) is 9.83. The first-order valence-electron chi connectivity index (χ1n) is 5.92. The van der Waals surface area contributed by atoms with Gasteiger partial charge in [0.25, 0.3) is 0 Å². The van der Waals surface area contributed by atoms with E-state index in [4.69, 9.17) is 10.5 Å². The molecule has 0 aliphatic heterocycles. The van der Waals surface area contributed by atoms with E-state index in [-0.39, 0.29) is 6.61 Å². The van der Waals surface area contributed by atoms with Crippen molar-refractivity contribution in [2.24, 2.45) is 5.73 Å². The quantitative estimate of drug-likeness (QED) is 0.872. The molecular weight excluding hydrogens is 232 g/mol. The van der Waals surface area contributed by atoms with Gasteiger partial charge in [0.15, 0.2) is 0 Å². The average molecular weight is 250 g/mol. The van der Waals surface area contributed by atoms with Crippen LogP contribution in [0.25, 0.3) is 0 Å². The molecule has 0 aliphatic rings. The van der Waals surface area contributed by atoms with E-state index in [1.54, 1.807) is 0 Å². The second kappa shape index (κ2) is 7.32. The standard InChI is InChI=1S/C13H18N2O3/c1-2-3-9-15(12(14)16)13(17)18-10-11-7-5-4-6-8-11/h4-8H,2-3,9-10H2,1H3,(H2,14,16). The first-order chi connectivity index (χ1) is 8.65. The minimum atomic E-state index is -0.776. The van der Waals surface area contributed by atoms with Gasteiger partial charge in [0, 0.05) is 6.54 Å². The van der Waals surface area contributed by atoms with E-state index in [2.05, 4.69) is 0 Å². The number of nitrogens with two attached hydrogens (primary N) is 1. The number of amides is 3. The number of hydrogen-bond donors (Lipinski definition) is 1. The van der Waals surface area contributed by atoms with Crippen LogP contribution in [-0.2, 0) is 11.3 Å². The van der Waals surface area contributed by atoms with Crippen molar-refractivity contribution in [3.05, 3.63) is 35.9 Å². The van der Waals surface area contributed by atoms with Gasteiger partial charge in [-0.1, -0.05) is 43.7 Å². The fourth-order valence-electron chi connectivity index (χ4n) is 1.40. The summed E-state index contributed by atoms with van der Waals surface area (Å²) in [5.74, 6) is 0. The van der Waals surface area contributed by atoms with Crippen molar-refractivity contribution >= 4 is 12.1 Å². The zero-order valence-electron chi connectivity index (χ0n) is 10.5.